The van der Waals surface area contributed by atoms with E-state index in [1.54, 1.807) is 7.11 Å². The maximum atomic E-state index is 10.5. The van der Waals surface area contributed by atoms with E-state index in [0.29, 0.717) is 13.2 Å². The molecule has 1 aliphatic rings. The summed E-state index contributed by atoms with van der Waals surface area (Å²) in [6, 6.07) is 26.2. The van der Waals surface area contributed by atoms with Crippen molar-refractivity contribution < 1.29 is 19.0 Å². The molecular formula is C30H34N2O4. The summed E-state index contributed by atoms with van der Waals surface area (Å²) < 4.78 is 17.4. The van der Waals surface area contributed by atoms with Crippen LogP contribution in [-0.2, 0) is 6.54 Å². The first-order chi connectivity index (χ1) is 17.7. The number of hydrogen-bond donors (Lipinski definition) is 1. The molecule has 0 aliphatic carbocycles. The Hall–Kier alpha value is -3.32. The lowest BCUT2D eigenvalue weighted by Gasteiger charge is -2.23. The second kappa shape index (κ2) is 11.6. The molecule has 1 N–H and O–H groups in total. The molecule has 1 aromatic heterocycles. The molecule has 1 fully saturated rings. The molecular weight excluding hydrogens is 452 g/mol. The molecule has 0 bridgehead atoms. The summed E-state index contributed by atoms with van der Waals surface area (Å²) in [5, 5.41) is 11.6. The SMILES string of the molecule is COc1ccccc1-c1ccc2oc(CN3CCCN(CC(O)COc4ccccc4)CC3)cc2c1. The Morgan fingerprint density at radius 1 is 0.889 bits per heavy atom. The van der Waals surface area contributed by atoms with E-state index in [0.717, 1.165) is 78.5 Å². The zero-order valence-electron chi connectivity index (χ0n) is 20.8. The maximum Gasteiger partial charge on any atom is 0.134 e. The second-order valence-electron chi connectivity index (χ2n) is 9.37. The van der Waals surface area contributed by atoms with Gasteiger partial charge in [-0.25, -0.2) is 0 Å². The van der Waals surface area contributed by atoms with E-state index in [4.69, 9.17) is 13.9 Å². The van der Waals surface area contributed by atoms with Gasteiger partial charge in [0.05, 0.1) is 13.7 Å². The maximum absolute atomic E-state index is 10.5. The minimum absolute atomic E-state index is 0.306. The first kappa shape index (κ1) is 24.4. The van der Waals surface area contributed by atoms with Crippen LogP contribution in [0.2, 0.25) is 0 Å². The van der Waals surface area contributed by atoms with Crippen molar-refractivity contribution in [3.63, 3.8) is 0 Å². The Kier molecular flexibility index (Phi) is 7.86. The Morgan fingerprint density at radius 3 is 2.53 bits per heavy atom. The number of fused-ring (bicyclic) bond motifs is 1. The van der Waals surface area contributed by atoms with Gasteiger partial charge in [-0.05, 0) is 61.5 Å². The number of furan rings is 1. The number of aliphatic hydroxyl groups is 1. The largest absolute Gasteiger partial charge is 0.496 e. The first-order valence-corrected chi connectivity index (χ1v) is 12.6. The third-order valence-corrected chi connectivity index (χ3v) is 6.70. The number of nitrogens with zero attached hydrogens (tertiary/aromatic N) is 2. The molecule has 0 amide bonds. The van der Waals surface area contributed by atoms with Crippen LogP contribution < -0.4 is 9.47 Å². The van der Waals surface area contributed by atoms with Crippen molar-refractivity contribution in [2.75, 3.05) is 46.4 Å². The molecule has 1 atom stereocenters. The van der Waals surface area contributed by atoms with Gasteiger partial charge in [0.25, 0.3) is 0 Å². The number of ether oxygens (including phenoxy) is 2. The summed E-state index contributed by atoms with van der Waals surface area (Å²) in [5.74, 6) is 2.64. The van der Waals surface area contributed by atoms with Crippen molar-refractivity contribution in [3.05, 3.63) is 84.6 Å². The Bertz CT molecular complexity index is 1260. The smallest absolute Gasteiger partial charge is 0.134 e. The Balaban J connectivity index is 1.16. The van der Waals surface area contributed by atoms with E-state index in [9.17, 15) is 5.11 Å². The van der Waals surface area contributed by atoms with Crippen LogP contribution in [0.25, 0.3) is 22.1 Å². The van der Waals surface area contributed by atoms with Gasteiger partial charge in [-0.3, -0.25) is 9.80 Å². The molecule has 188 valence electrons. The van der Waals surface area contributed by atoms with Crippen LogP contribution in [0.4, 0.5) is 0 Å². The van der Waals surface area contributed by atoms with Crippen LogP contribution in [0, 0.1) is 0 Å². The fourth-order valence-corrected chi connectivity index (χ4v) is 4.87. The number of rotatable bonds is 9. The van der Waals surface area contributed by atoms with Crippen molar-refractivity contribution >= 4 is 11.0 Å². The third-order valence-electron chi connectivity index (χ3n) is 6.70. The quantitative estimate of drug-likeness (QED) is 0.357. The summed E-state index contributed by atoms with van der Waals surface area (Å²) in [6.07, 6.45) is 0.550. The Morgan fingerprint density at radius 2 is 1.67 bits per heavy atom. The second-order valence-corrected chi connectivity index (χ2v) is 9.37. The summed E-state index contributed by atoms with van der Waals surface area (Å²) in [7, 11) is 1.70. The van der Waals surface area contributed by atoms with Gasteiger partial charge in [0.2, 0.25) is 0 Å². The summed E-state index contributed by atoms with van der Waals surface area (Å²) >= 11 is 0. The minimum atomic E-state index is -0.510. The summed E-state index contributed by atoms with van der Waals surface area (Å²) in [5.41, 5.74) is 3.10. The average Bonchev–Trinajstić information content (AvgIpc) is 3.19. The lowest BCUT2D eigenvalue weighted by Crippen LogP contribution is -2.38. The van der Waals surface area contributed by atoms with Crippen molar-refractivity contribution in [2.45, 2.75) is 19.1 Å². The van der Waals surface area contributed by atoms with Crippen LogP contribution >= 0.6 is 0 Å². The number of β-amino-alcohol motifs (C(OH)–C–C–N with tert-alkyl or cyclic N) is 1. The molecule has 0 radical (unpaired) electrons. The van der Waals surface area contributed by atoms with Gasteiger partial charge < -0.3 is 19.0 Å². The predicted molar refractivity (Wildman–Crippen MR) is 142 cm³/mol. The van der Waals surface area contributed by atoms with E-state index in [1.165, 1.54) is 0 Å². The van der Waals surface area contributed by atoms with Gasteiger partial charge >= 0.3 is 0 Å². The Labute approximate surface area is 212 Å². The highest BCUT2D eigenvalue weighted by atomic mass is 16.5. The highest BCUT2D eigenvalue weighted by molar-refractivity contribution is 5.85. The van der Waals surface area contributed by atoms with Crippen LogP contribution in [0.3, 0.4) is 0 Å². The van der Waals surface area contributed by atoms with E-state index in [1.807, 2.05) is 54.6 Å². The van der Waals surface area contributed by atoms with Gasteiger partial charge in [-0.1, -0.05) is 42.5 Å². The predicted octanol–water partition coefficient (Wildman–Crippen LogP) is 5.06. The zero-order chi connectivity index (χ0) is 24.7. The standard InChI is InChI=1S/C30H34N2O4/c1-34-30-11-6-5-10-28(30)23-12-13-29-24(18-23)19-27(36-29)21-32-15-7-14-31(16-17-32)20-25(33)22-35-26-8-3-2-4-9-26/h2-6,8-13,18-19,25,33H,7,14-17,20-22H2,1H3. The molecule has 0 saturated carbocycles. The number of benzene rings is 3. The highest BCUT2D eigenvalue weighted by Crippen LogP contribution is 2.32. The van der Waals surface area contributed by atoms with Gasteiger partial charge in [-0.15, -0.1) is 0 Å². The van der Waals surface area contributed by atoms with Gasteiger partial charge in [0, 0.05) is 30.6 Å². The lowest BCUT2D eigenvalue weighted by molar-refractivity contribution is 0.0692. The molecule has 5 rings (SSSR count). The van der Waals surface area contributed by atoms with Crippen molar-refractivity contribution in [2.24, 2.45) is 0 Å². The topological polar surface area (TPSA) is 58.3 Å². The van der Waals surface area contributed by atoms with Crippen LogP contribution in [0.1, 0.15) is 12.2 Å². The monoisotopic (exact) mass is 486 g/mol. The van der Waals surface area contributed by atoms with Crippen molar-refractivity contribution in [1.29, 1.82) is 0 Å². The molecule has 3 aromatic carbocycles. The number of para-hydroxylation sites is 2. The molecule has 6 nitrogen and oxygen atoms in total. The van der Waals surface area contributed by atoms with Crippen LogP contribution in [-0.4, -0.2) is 67.5 Å². The average molecular weight is 487 g/mol. The van der Waals surface area contributed by atoms with E-state index in [2.05, 4.69) is 34.1 Å². The molecule has 1 aliphatic heterocycles. The van der Waals surface area contributed by atoms with E-state index >= 15 is 0 Å². The molecule has 1 saturated heterocycles. The fraction of sp³-hybridized carbons (Fsp3) is 0.333. The van der Waals surface area contributed by atoms with E-state index in [-0.39, 0.29) is 0 Å². The molecule has 1 unspecified atom stereocenters. The zero-order valence-corrected chi connectivity index (χ0v) is 20.8. The first-order valence-electron chi connectivity index (χ1n) is 12.6. The third kappa shape index (κ3) is 6.08. The normalized spacial score (nSPS) is 16.1. The van der Waals surface area contributed by atoms with Crippen molar-refractivity contribution in [3.8, 4) is 22.6 Å². The number of methoxy groups -OCH3 is 1. The van der Waals surface area contributed by atoms with Gasteiger partial charge in [0.1, 0.15) is 35.6 Å². The molecule has 6 heteroatoms. The summed E-state index contributed by atoms with van der Waals surface area (Å²) in [4.78, 5) is 4.77. The number of aliphatic hydroxyl groups excluding tert-OH is 1. The molecule has 0 spiro atoms. The minimum Gasteiger partial charge on any atom is -0.496 e. The molecule has 36 heavy (non-hydrogen) atoms. The van der Waals surface area contributed by atoms with Gasteiger partial charge in [-0.2, -0.15) is 0 Å². The summed E-state index contributed by atoms with van der Waals surface area (Å²) in [6.45, 7) is 5.55. The van der Waals surface area contributed by atoms with E-state index < -0.39 is 6.10 Å². The fourth-order valence-electron chi connectivity index (χ4n) is 4.87. The molecule has 2 heterocycles. The van der Waals surface area contributed by atoms with Crippen LogP contribution in [0.15, 0.2) is 83.3 Å². The highest BCUT2D eigenvalue weighted by Gasteiger charge is 2.19. The van der Waals surface area contributed by atoms with Crippen molar-refractivity contribution in [1.82, 2.24) is 9.80 Å². The molecule has 4 aromatic rings. The van der Waals surface area contributed by atoms with Crippen LogP contribution in [0.5, 0.6) is 11.5 Å². The number of hydrogen-bond acceptors (Lipinski definition) is 6. The van der Waals surface area contributed by atoms with Gasteiger partial charge in [0.15, 0.2) is 0 Å². The lowest BCUT2D eigenvalue weighted by atomic mass is 10.0.